The Hall–Kier alpha value is -0.455. The molecule has 0 bridgehead atoms. The van der Waals surface area contributed by atoms with Gasteiger partial charge in [-0.2, -0.15) is 4.39 Å². The molecule has 2 heterocycles. The summed E-state index contributed by atoms with van der Waals surface area (Å²) in [6, 6.07) is 3.00. The molecule has 92 valence electrons. The zero-order valence-corrected chi connectivity index (χ0v) is 11.8. The largest absolute Gasteiger partial charge is 0.514 e. The van der Waals surface area contributed by atoms with Crippen LogP contribution in [0.25, 0.3) is 0 Å². The Morgan fingerprint density at radius 1 is 1.18 bits per heavy atom. The molecular weight excluding hydrogens is 288 g/mol. The highest BCUT2D eigenvalue weighted by molar-refractivity contribution is 9.10. The summed E-state index contributed by atoms with van der Waals surface area (Å²) in [7, 11) is -0.632. The minimum Gasteiger partial charge on any atom is -0.398 e. The number of hydrogen-bond donors (Lipinski definition) is 0. The first-order valence-electron chi connectivity index (χ1n) is 5.40. The van der Waals surface area contributed by atoms with Crippen molar-refractivity contribution in [3.63, 3.8) is 0 Å². The lowest BCUT2D eigenvalue weighted by Crippen LogP contribution is -2.41. The Morgan fingerprint density at radius 3 is 2.18 bits per heavy atom. The Bertz CT molecular complexity index is 417. The topological polar surface area (TPSA) is 31.4 Å². The van der Waals surface area contributed by atoms with Crippen LogP contribution in [0.4, 0.5) is 4.39 Å². The second kappa shape index (κ2) is 4.04. The summed E-state index contributed by atoms with van der Waals surface area (Å²) in [5.74, 6) is -0.552. The molecule has 0 amide bonds. The molecule has 1 aromatic rings. The van der Waals surface area contributed by atoms with E-state index in [4.69, 9.17) is 9.31 Å². The van der Waals surface area contributed by atoms with Crippen LogP contribution in [-0.2, 0) is 9.31 Å². The molecule has 0 spiro atoms. The molecule has 1 aromatic heterocycles. The van der Waals surface area contributed by atoms with Gasteiger partial charge in [0.1, 0.15) is 0 Å². The fraction of sp³-hybridized carbons (Fsp3) is 0.545. The molecule has 1 fully saturated rings. The Labute approximate surface area is 109 Å². The number of halogens is 2. The highest BCUT2D eigenvalue weighted by Crippen LogP contribution is 2.36. The van der Waals surface area contributed by atoms with Crippen LogP contribution in [0.3, 0.4) is 0 Å². The third kappa shape index (κ3) is 2.39. The maximum atomic E-state index is 13.2. The average molecular weight is 302 g/mol. The van der Waals surface area contributed by atoms with E-state index in [0.717, 1.165) is 0 Å². The van der Waals surface area contributed by atoms with E-state index in [-0.39, 0.29) is 0 Å². The summed E-state index contributed by atoms with van der Waals surface area (Å²) in [4.78, 5) is 3.80. The molecule has 6 heteroatoms. The SMILES string of the molecule is CC1(C)OB(c2cc(Br)cc(F)n2)OC1(C)C. The first-order valence-corrected chi connectivity index (χ1v) is 6.19. The number of aromatic nitrogens is 1. The zero-order chi connectivity index (χ0) is 12.8. The van der Waals surface area contributed by atoms with Gasteiger partial charge in [-0.1, -0.05) is 15.9 Å². The molecule has 2 rings (SSSR count). The third-order valence-corrected chi connectivity index (χ3v) is 3.73. The molecular formula is C11H14BBrFNO2. The van der Waals surface area contributed by atoms with Gasteiger partial charge in [-0.05, 0) is 33.8 Å². The summed E-state index contributed by atoms with van der Waals surface area (Å²) >= 11 is 3.23. The van der Waals surface area contributed by atoms with Crippen molar-refractivity contribution in [2.24, 2.45) is 0 Å². The second-order valence-electron chi connectivity index (χ2n) is 5.12. The maximum Gasteiger partial charge on any atom is 0.514 e. The van der Waals surface area contributed by atoms with E-state index in [0.29, 0.717) is 10.1 Å². The summed E-state index contributed by atoms with van der Waals surface area (Å²) in [6.45, 7) is 7.78. The van der Waals surface area contributed by atoms with Crippen molar-refractivity contribution in [2.45, 2.75) is 38.9 Å². The first-order chi connectivity index (χ1) is 7.71. The molecule has 0 N–H and O–H groups in total. The smallest absolute Gasteiger partial charge is 0.398 e. The van der Waals surface area contributed by atoms with Crippen LogP contribution in [0.2, 0.25) is 0 Å². The molecule has 1 aliphatic heterocycles. The number of pyridine rings is 1. The van der Waals surface area contributed by atoms with Gasteiger partial charge in [-0.15, -0.1) is 0 Å². The van der Waals surface area contributed by atoms with Gasteiger partial charge in [0.05, 0.1) is 16.8 Å². The Kier molecular flexibility index (Phi) is 3.08. The molecule has 1 saturated heterocycles. The second-order valence-corrected chi connectivity index (χ2v) is 6.04. The fourth-order valence-electron chi connectivity index (χ4n) is 1.57. The van der Waals surface area contributed by atoms with Crippen molar-refractivity contribution >= 4 is 28.6 Å². The summed E-state index contributed by atoms with van der Waals surface area (Å²) in [5.41, 5.74) is -0.452. The minimum absolute atomic E-state index is 0.440. The van der Waals surface area contributed by atoms with Crippen LogP contribution in [0.1, 0.15) is 27.7 Å². The fourth-order valence-corrected chi connectivity index (χ4v) is 1.99. The molecule has 3 nitrogen and oxygen atoms in total. The average Bonchev–Trinajstić information content (AvgIpc) is 2.34. The number of nitrogens with zero attached hydrogens (tertiary/aromatic N) is 1. The van der Waals surface area contributed by atoms with Gasteiger partial charge >= 0.3 is 7.12 Å². The van der Waals surface area contributed by atoms with Gasteiger partial charge in [0.15, 0.2) is 0 Å². The van der Waals surface area contributed by atoms with Gasteiger partial charge in [-0.3, -0.25) is 0 Å². The summed E-state index contributed by atoms with van der Waals surface area (Å²) < 4.78 is 25.4. The molecule has 1 aliphatic rings. The monoisotopic (exact) mass is 301 g/mol. The highest BCUT2D eigenvalue weighted by Gasteiger charge is 2.52. The molecule has 0 aliphatic carbocycles. The van der Waals surface area contributed by atoms with Crippen molar-refractivity contribution in [1.82, 2.24) is 4.98 Å². The first kappa shape index (κ1) is 13.0. The van der Waals surface area contributed by atoms with Gasteiger partial charge in [0.25, 0.3) is 0 Å². The van der Waals surface area contributed by atoms with Crippen LogP contribution < -0.4 is 5.59 Å². The van der Waals surface area contributed by atoms with Gasteiger partial charge in [0, 0.05) is 10.5 Å². The quantitative estimate of drug-likeness (QED) is 0.589. The van der Waals surface area contributed by atoms with Gasteiger partial charge in [0.2, 0.25) is 5.95 Å². The van der Waals surface area contributed by atoms with E-state index in [1.54, 1.807) is 6.07 Å². The highest BCUT2D eigenvalue weighted by atomic mass is 79.9. The van der Waals surface area contributed by atoms with Crippen molar-refractivity contribution in [3.8, 4) is 0 Å². The molecule has 0 aromatic carbocycles. The minimum atomic E-state index is -0.632. The Balaban J connectivity index is 2.32. The number of hydrogen-bond acceptors (Lipinski definition) is 3. The van der Waals surface area contributed by atoms with Crippen molar-refractivity contribution in [1.29, 1.82) is 0 Å². The van der Waals surface area contributed by atoms with Crippen LogP contribution in [0, 0.1) is 5.95 Å². The van der Waals surface area contributed by atoms with Crippen molar-refractivity contribution < 1.29 is 13.7 Å². The van der Waals surface area contributed by atoms with Crippen molar-refractivity contribution in [3.05, 3.63) is 22.6 Å². The normalized spacial score (nSPS) is 21.9. The van der Waals surface area contributed by atoms with Gasteiger partial charge in [-0.25, -0.2) is 4.98 Å². The molecule has 0 atom stereocenters. The lowest BCUT2D eigenvalue weighted by molar-refractivity contribution is 0.00578. The predicted molar refractivity (Wildman–Crippen MR) is 67.6 cm³/mol. The Morgan fingerprint density at radius 2 is 1.71 bits per heavy atom. The van der Waals surface area contributed by atoms with E-state index in [2.05, 4.69) is 20.9 Å². The van der Waals surface area contributed by atoms with Gasteiger partial charge < -0.3 is 9.31 Å². The van der Waals surface area contributed by atoms with E-state index in [1.807, 2.05) is 27.7 Å². The molecule has 0 saturated carbocycles. The predicted octanol–water partition coefficient (Wildman–Crippen LogP) is 2.28. The summed E-state index contributed by atoms with van der Waals surface area (Å²) in [6.07, 6.45) is 0. The van der Waals surface area contributed by atoms with E-state index >= 15 is 0 Å². The van der Waals surface area contributed by atoms with Crippen LogP contribution >= 0.6 is 15.9 Å². The zero-order valence-electron chi connectivity index (χ0n) is 10.3. The lowest BCUT2D eigenvalue weighted by atomic mass is 9.84. The lowest BCUT2D eigenvalue weighted by Gasteiger charge is -2.32. The molecule has 0 radical (unpaired) electrons. The molecule has 0 unspecified atom stereocenters. The van der Waals surface area contributed by atoms with Crippen LogP contribution in [-0.4, -0.2) is 23.3 Å². The van der Waals surface area contributed by atoms with Crippen molar-refractivity contribution in [2.75, 3.05) is 0 Å². The number of rotatable bonds is 1. The van der Waals surface area contributed by atoms with E-state index in [1.165, 1.54) is 6.07 Å². The van der Waals surface area contributed by atoms with E-state index in [9.17, 15) is 4.39 Å². The maximum absolute atomic E-state index is 13.2. The standard InChI is InChI=1S/C11H14BBrFNO2/c1-10(2)11(3,4)17-12(16-10)8-5-7(13)6-9(14)15-8/h5-6H,1-4H3. The third-order valence-electron chi connectivity index (χ3n) is 3.27. The molecule has 17 heavy (non-hydrogen) atoms. The summed E-state index contributed by atoms with van der Waals surface area (Å²) in [5, 5.41) is 0. The van der Waals surface area contributed by atoms with E-state index < -0.39 is 24.3 Å². The van der Waals surface area contributed by atoms with Crippen LogP contribution in [0.15, 0.2) is 16.6 Å². The van der Waals surface area contributed by atoms with Crippen LogP contribution in [0.5, 0.6) is 0 Å².